The van der Waals surface area contributed by atoms with E-state index in [2.05, 4.69) is 0 Å². The number of Topliss-reactive ketones (excluding diaryl/α,β-unsaturated/α-hetero) is 1. The van der Waals surface area contributed by atoms with Gasteiger partial charge < -0.3 is 28.9 Å². The first-order chi connectivity index (χ1) is 22.1. The molecular formula is C35H35FO9S. The standard InChI is InChI=1S/C35H35FO9S/c1-3-10-25-27(15-14-23(21(2)37)33(25)39)43-18-9-7-5-4-6-8-11-31(34(40)28-16-17-32(36)45-28)46-22-12-13-24-26(38)20-30(35(41)42)44-29(24)19-22/h4,6,8,11-17,19-20,31,34,39-40H,3,5,7,9-10,18H2,1-2H3,(H,41,42)/b6-4-,11-8+/t31-,34+/m0/s1. The van der Waals surface area contributed by atoms with Gasteiger partial charge in [0.15, 0.2) is 11.2 Å². The van der Waals surface area contributed by atoms with Crippen molar-refractivity contribution < 1.29 is 42.9 Å². The molecule has 242 valence electrons. The molecule has 4 aromatic rings. The number of hydrogen-bond acceptors (Lipinski definition) is 9. The van der Waals surface area contributed by atoms with Gasteiger partial charge >= 0.3 is 5.97 Å². The van der Waals surface area contributed by atoms with Crippen molar-refractivity contribution in [3.63, 3.8) is 0 Å². The Bertz CT molecular complexity index is 1800. The summed E-state index contributed by atoms with van der Waals surface area (Å²) in [6.07, 6.45) is 9.82. The van der Waals surface area contributed by atoms with E-state index in [1.54, 1.807) is 30.4 Å². The summed E-state index contributed by atoms with van der Waals surface area (Å²) in [5.74, 6) is -1.44. The summed E-state index contributed by atoms with van der Waals surface area (Å²) in [4.78, 5) is 36.0. The van der Waals surface area contributed by atoms with Crippen LogP contribution in [0.25, 0.3) is 11.0 Å². The van der Waals surface area contributed by atoms with Gasteiger partial charge in [0.25, 0.3) is 6.01 Å². The van der Waals surface area contributed by atoms with Crippen LogP contribution >= 0.6 is 11.8 Å². The number of furan rings is 1. The average molecular weight is 651 g/mol. The lowest BCUT2D eigenvalue weighted by molar-refractivity contribution is 0.0662. The molecule has 2 aromatic carbocycles. The fourth-order valence-electron chi connectivity index (χ4n) is 4.75. The van der Waals surface area contributed by atoms with E-state index in [-0.39, 0.29) is 28.3 Å². The van der Waals surface area contributed by atoms with Crippen molar-refractivity contribution in [3.8, 4) is 11.5 Å². The number of aromatic hydroxyl groups is 1. The van der Waals surface area contributed by atoms with Crippen molar-refractivity contribution in [2.75, 3.05) is 6.61 Å². The number of rotatable bonds is 16. The molecule has 0 fully saturated rings. The molecule has 0 bridgehead atoms. The van der Waals surface area contributed by atoms with Crippen LogP contribution in [0.15, 0.2) is 91.4 Å². The molecule has 0 radical (unpaired) electrons. The average Bonchev–Trinajstić information content (AvgIpc) is 3.46. The molecule has 0 unspecified atom stereocenters. The Morgan fingerprint density at radius 1 is 1.07 bits per heavy atom. The van der Waals surface area contributed by atoms with E-state index < -0.39 is 34.5 Å². The van der Waals surface area contributed by atoms with Crippen LogP contribution < -0.4 is 10.2 Å². The third-order valence-electron chi connectivity index (χ3n) is 7.07. The Hall–Kier alpha value is -4.61. The monoisotopic (exact) mass is 650 g/mol. The van der Waals surface area contributed by atoms with E-state index >= 15 is 0 Å². The lowest BCUT2D eigenvalue weighted by Crippen LogP contribution is -2.12. The summed E-state index contributed by atoms with van der Waals surface area (Å²) in [6, 6.07) is 10.6. The van der Waals surface area contributed by atoms with Crippen molar-refractivity contribution in [1.82, 2.24) is 0 Å². The number of benzene rings is 2. The van der Waals surface area contributed by atoms with Gasteiger partial charge in [-0.2, -0.15) is 4.39 Å². The van der Waals surface area contributed by atoms with Crippen LogP contribution in [0.3, 0.4) is 0 Å². The van der Waals surface area contributed by atoms with Crippen LogP contribution in [-0.4, -0.2) is 38.9 Å². The van der Waals surface area contributed by atoms with Crippen LogP contribution in [0.4, 0.5) is 4.39 Å². The molecule has 0 aliphatic heterocycles. The molecule has 11 heteroatoms. The topological polar surface area (TPSA) is 147 Å². The molecule has 46 heavy (non-hydrogen) atoms. The third kappa shape index (κ3) is 8.76. The van der Waals surface area contributed by atoms with Crippen molar-refractivity contribution in [2.45, 2.75) is 62.2 Å². The maximum Gasteiger partial charge on any atom is 0.371 e. The van der Waals surface area contributed by atoms with E-state index in [0.717, 1.165) is 37.8 Å². The van der Waals surface area contributed by atoms with Crippen molar-refractivity contribution >= 4 is 34.5 Å². The summed E-state index contributed by atoms with van der Waals surface area (Å²) in [6.45, 7) is 3.86. The molecule has 2 heterocycles. The van der Waals surface area contributed by atoms with Crippen LogP contribution in [0.1, 0.15) is 77.9 Å². The zero-order valence-corrected chi connectivity index (χ0v) is 26.2. The van der Waals surface area contributed by atoms with Gasteiger partial charge in [-0.15, -0.1) is 11.8 Å². The van der Waals surface area contributed by atoms with Gasteiger partial charge in [0.1, 0.15) is 28.9 Å². The number of ketones is 1. The predicted octanol–water partition coefficient (Wildman–Crippen LogP) is 7.64. The number of ether oxygens (including phenoxy) is 1. The Morgan fingerprint density at radius 2 is 1.87 bits per heavy atom. The van der Waals surface area contributed by atoms with Crippen molar-refractivity contribution in [1.29, 1.82) is 0 Å². The molecule has 0 aliphatic carbocycles. The number of fused-ring (bicyclic) bond motifs is 1. The van der Waals surface area contributed by atoms with Gasteiger partial charge in [0.05, 0.1) is 22.8 Å². The van der Waals surface area contributed by atoms with Crippen LogP contribution in [0, 0.1) is 6.01 Å². The molecule has 9 nitrogen and oxygen atoms in total. The van der Waals surface area contributed by atoms with Gasteiger partial charge in [-0.3, -0.25) is 9.59 Å². The first kappa shape index (κ1) is 34.3. The van der Waals surface area contributed by atoms with Gasteiger partial charge in [-0.25, -0.2) is 4.79 Å². The molecule has 0 amide bonds. The second-order valence-corrected chi connectivity index (χ2v) is 11.8. The molecule has 2 atom stereocenters. The van der Waals surface area contributed by atoms with E-state index in [1.807, 2.05) is 19.1 Å². The summed E-state index contributed by atoms with van der Waals surface area (Å²) in [5.41, 5.74) is 0.536. The Morgan fingerprint density at radius 3 is 2.57 bits per heavy atom. The number of thioether (sulfide) groups is 1. The number of carboxylic acids is 1. The number of allylic oxidation sites excluding steroid dienone is 3. The zero-order chi connectivity index (χ0) is 33.2. The second-order valence-electron chi connectivity index (χ2n) is 10.5. The van der Waals surface area contributed by atoms with Crippen LogP contribution in [0.2, 0.25) is 0 Å². The van der Waals surface area contributed by atoms with Crippen LogP contribution in [-0.2, 0) is 6.42 Å². The van der Waals surface area contributed by atoms with Gasteiger partial charge in [0, 0.05) is 22.6 Å². The Labute approximate surface area is 269 Å². The number of hydrogen-bond donors (Lipinski definition) is 3. The predicted molar refractivity (Wildman–Crippen MR) is 172 cm³/mol. The van der Waals surface area contributed by atoms with E-state index in [4.69, 9.17) is 13.6 Å². The normalized spacial score (nSPS) is 13.0. The largest absolute Gasteiger partial charge is 0.507 e. The lowest BCUT2D eigenvalue weighted by Gasteiger charge is -2.18. The third-order valence-corrected chi connectivity index (χ3v) is 8.28. The van der Waals surface area contributed by atoms with Gasteiger partial charge in [-0.1, -0.05) is 37.6 Å². The molecule has 0 aliphatic rings. The SMILES string of the molecule is CCCc1c(OCCCC/C=C\C=C\[C@H](Sc2ccc3c(=O)cc(C(=O)O)oc3c2)[C@H](O)c2ccc(F)o2)ccc(C(C)=O)c1O. The highest BCUT2D eigenvalue weighted by atomic mass is 32.2. The highest BCUT2D eigenvalue weighted by molar-refractivity contribution is 8.00. The minimum absolute atomic E-state index is 0.0140. The summed E-state index contributed by atoms with van der Waals surface area (Å²) in [7, 11) is 0. The molecule has 4 rings (SSSR count). The van der Waals surface area contributed by atoms with E-state index in [9.17, 15) is 34.1 Å². The number of aromatic carboxylic acids is 1. The van der Waals surface area contributed by atoms with Gasteiger partial charge in [-0.05, 0) is 69.0 Å². The zero-order valence-electron chi connectivity index (χ0n) is 25.4. The number of aliphatic hydroxyl groups excluding tert-OH is 1. The summed E-state index contributed by atoms with van der Waals surface area (Å²) >= 11 is 1.20. The number of halogens is 1. The summed E-state index contributed by atoms with van der Waals surface area (Å²) < 4.78 is 29.8. The molecule has 0 saturated carbocycles. The Kier molecular flexibility index (Phi) is 12.0. The van der Waals surface area contributed by atoms with Crippen molar-refractivity contribution in [2.24, 2.45) is 0 Å². The summed E-state index contributed by atoms with van der Waals surface area (Å²) in [5, 5.41) is 30.3. The quantitative estimate of drug-likeness (QED) is 0.0478. The minimum Gasteiger partial charge on any atom is -0.507 e. The van der Waals surface area contributed by atoms with Gasteiger partial charge in [0.2, 0.25) is 5.76 Å². The number of unbranched alkanes of at least 4 members (excludes halogenated alkanes) is 2. The fourth-order valence-corrected chi connectivity index (χ4v) is 5.82. The van der Waals surface area contributed by atoms with Crippen molar-refractivity contribution in [3.05, 3.63) is 112 Å². The molecule has 0 spiro atoms. The minimum atomic E-state index is -1.37. The molecule has 3 N–H and O–H groups in total. The smallest absolute Gasteiger partial charge is 0.371 e. The number of phenolic OH excluding ortho intramolecular Hbond substituents is 1. The molecular weight excluding hydrogens is 615 g/mol. The maximum absolute atomic E-state index is 13.6. The first-order valence-electron chi connectivity index (χ1n) is 14.8. The fraction of sp³-hybridized carbons (Fsp3) is 0.286. The van der Waals surface area contributed by atoms with Crippen LogP contribution in [0.5, 0.6) is 11.5 Å². The highest BCUT2D eigenvalue weighted by Gasteiger charge is 2.24. The second kappa shape index (κ2) is 16.1. The van der Waals surface area contributed by atoms with E-state index in [1.165, 1.54) is 36.9 Å². The number of carbonyl (C=O) groups excluding carboxylic acids is 1. The highest BCUT2D eigenvalue weighted by Crippen LogP contribution is 2.36. The first-order valence-corrected chi connectivity index (χ1v) is 15.7. The molecule has 2 aromatic heterocycles. The Balaban J connectivity index is 1.37. The van der Waals surface area contributed by atoms with E-state index in [0.29, 0.717) is 34.8 Å². The maximum atomic E-state index is 13.6. The number of carboxylic acid groups (broad SMARTS) is 1. The lowest BCUT2D eigenvalue weighted by atomic mass is 10.0. The molecule has 0 saturated heterocycles. The number of carbonyl (C=O) groups is 2. The number of aliphatic hydroxyl groups is 1. The number of phenols is 1.